The lowest BCUT2D eigenvalue weighted by Gasteiger charge is -2.57. The highest BCUT2D eigenvalue weighted by molar-refractivity contribution is 5.81. The molecular formula is C66H84O24. The highest BCUT2D eigenvalue weighted by Gasteiger charge is 2.69. The zero-order valence-corrected chi connectivity index (χ0v) is 52.4. The second-order valence-corrected chi connectivity index (χ2v) is 22.5. The molecular weight excluding hydrogens is 1180 g/mol. The Bertz CT molecular complexity index is 2880. The van der Waals surface area contributed by atoms with E-state index in [0.29, 0.717) is 5.56 Å². The highest BCUT2D eigenvalue weighted by Crippen LogP contribution is 2.47. The summed E-state index contributed by atoms with van der Waals surface area (Å²) in [6.07, 6.45) is -21.1. The Hall–Kier alpha value is -5.88. The molecule has 0 aliphatic carbocycles. The molecule has 6 heterocycles. The third-order valence-corrected chi connectivity index (χ3v) is 17.0. The lowest BCUT2D eigenvalue weighted by Crippen LogP contribution is -2.78. The van der Waals surface area contributed by atoms with Crippen molar-refractivity contribution in [1.82, 2.24) is 0 Å². The van der Waals surface area contributed by atoms with Gasteiger partial charge in [0.1, 0.15) is 73.8 Å². The molecule has 0 radical (unpaired) electrons. The summed E-state index contributed by atoms with van der Waals surface area (Å²) in [6, 6.07) is 37.9. The van der Waals surface area contributed by atoms with Gasteiger partial charge in [-0.3, -0.25) is 9.59 Å². The van der Waals surface area contributed by atoms with E-state index in [1.165, 1.54) is 56.5 Å². The van der Waals surface area contributed by atoms with Gasteiger partial charge < -0.3 is 94.7 Å². The number of benzene rings is 4. The van der Waals surface area contributed by atoms with Crippen LogP contribution in [-0.4, -0.2) is 202 Å². The van der Waals surface area contributed by atoms with Gasteiger partial charge in [0.25, 0.3) is 0 Å². The first kappa shape index (κ1) is 68.5. The number of esters is 4. The van der Waals surface area contributed by atoms with E-state index in [1.807, 2.05) is 121 Å². The van der Waals surface area contributed by atoms with E-state index in [2.05, 4.69) is 0 Å². The fraction of sp³-hybridized carbons (Fsp3) is 0.576. The van der Waals surface area contributed by atoms with Crippen LogP contribution in [0.3, 0.4) is 0 Å². The van der Waals surface area contributed by atoms with E-state index in [9.17, 15) is 19.2 Å². The Morgan fingerprint density at radius 3 is 1.47 bits per heavy atom. The Balaban J connectivity index is 1.09. The molecule has 6 fully saturated rings. The van der Waals surface area contributed by atoms with Crippen LogP contribution in [0, 0.1) is 5.92 Å². The summed E-state index contributed by atoms with van der Waals surface area (Å²) in [5, 5.41) is 0. The van der Waals surface area contributed by atoms with Crippen molar-refractivity contribution in [1.29, 1.82) is 0 Å². The molecule has 24 nitrogen and oxygen atoms in total. The van der Waals surface area contributed by atoms with Crippen molar-refractivity contribution < 1.29 is 114 Å². The van der Waals surface area contributed by atoms with Crippen LogP contribution in [0.1, 0.15) is 56.4 Å². The van der Waals surface area contributed by atoms with Gasteiger partial charge in [-0.05, 0) is 28.7 Å². The molecule has 6 saturated heterocycles. The number of carbonyl (C=O) groups is 4. The van der Waals surface area contributed by atoms with Gasteiger partial charge in [0.2, 0.25) is 5.60 Å². The maximum atomic E-state index is 14.9. The van der Waals surface area contributed by atoms with Gasteiger partial charge in [-0.1, -0.05) is 135 Å². The predicted molar refractivity (Wildman–Crippen MR) is 313 cm³/mol. The van der Waals surface area contributed by atoms with Gasteiger partial charge in [0.05, 0.1) is 60.0 Å². The van der Waals surface area contributed by atoms with Crippen molar-refractivity contribution in [3.05, 3.63) is 144 Å². The monoisotopic (exact) mass is 1260 g/mol. The second-order valence-electron chi connectivity index (χ2n) is 22.5. The lowest BCUT2D eigenvalue weighted by atomic mass is 9.77. The topological polar surface area (TPSA) is 253 Å². The maximum Gasteiger partial charge on any atom is 0.343 e. The van der Waals surface area contributed by atoms with Crippen LogP contribution in [0.2, 0.25) is 0 Å². The van der Waals surface area contributed by atoms with Gasteiger partial charge in [0.15, 0.2) is 36.9 Å². The van der Waals surface area contributed by atoms with Crippen LogP contribution >= 0.6 is 0 Å². The summed E-state index contributed by atoms with van der Waals surface area (Å²) in [4.78, 5) is 55.1. The molecule has 90 heavy (non-hydrogen) atoms. The molecule has 24 heteroatoms. The molecule has 492 valence electrons. The van der Waals surface area contributed by atoms with E-state index in [1.54, 1.807) is 13.8 Å². The van der Waals surface area contributed by atoms with Crippen LogP contribution in [0.4, 0.5) is 0 Å². The molecule has 4 aromatic carbocycles. The van der Waals surface area contributed by atoms with Gasteiger partial charge in [-0.25, -0.2) is 9.59 Å². The van der Waals surface area contributed by atoms with Gasteiger partial charge in [0, 0.05) is 48.2 Å². The molecule has 0 N–H and O–H groups in total. The summed E-state index contributed by atoms with van der Waals surface area (Å²) < 4.78 is 129. The van der Waals surface area contributed by atoms with E-state index < -0.39 is 159 Å². The van der Waals surface area contributed by atoms with Crippen molar-refractivity contribution in [2.75, 3.05) is 62.5 Å². The number of ether oxygens (including phenoxy) is 20. The number of hydrogen-bond acceptors (Lipinski definition) is 24. The molecule has 4 aromatic rings. The normalized spacial score (nSPS) is 34.0. The fourth-order valence-electron chi connectivity index (χ4n) is 12.5. The maximum absolute atomic E-state index is 14.9. The minimum absolute atomic E-state index is 0.0439. The highest BCUT2D eigenvalue weighted by atomic mass is 16.8. The molecule has 10 rings (SSSR count). The average Bonchev–Trinajstić information content (AvgIpc) is 0.729. The summed E-state index contributed by atoms with van der Waals surface area (Å²) in [5.41, 5.74) is -0.539. The number of rotatable bonds is 29. The summed E-state index contributed by atoms with van der Waals surface area (Å²) in [7, 11) is 8.22. The summed E-state index contributed by atoms with van der Waals surface area (Å²) >= 11 is 0. The number of fused-ring (bicyclic) bond motifs is 3. The number of methoxy groups -OCH3 is 6. The number of hydrogen-bond donors (Lipinski definition) is 0. The first-order valence-corrected chi connectivity index (χ1v) is 30.1. The van der Waals surface area contributed by atoms with Crippen molar-refractivity contribution in [3.8, 4) is 0 Å². The second kappa shape index (κ2) is 32.1. The molecule has 6 aliphatic rings. The Kier molecular flexibility index (Phi) is 24.4. The van der Waals surface area contributed by atoms with Crippen LogP contribution in [0.15, 0.2) is 121 Å². The Morgan fingerprint density at radius 2 is 0.967 bits per heavy atom. The third-order valence-electron chi connectivity index (χ3n) is 17.0. The molecule has 20 atom stereocenters. The zero-order valence-electron chi connectivity index (χ0n) is 52.4. The van der Waals surface area contributed by atoms with Crippen molar-refractivity contribution in [2.24, 2.45) is 5.92 Å². The summed E-state index contributed by atoms with van der Waals surface area (Å²) in [5.74, 6) is -3.79. The molecule has 6 aliphatic heterocycles. The smallest absolute Gasteiger partial charge is 0.343 e. The molecule has 2 bridgehead atoms. The average molecular weight is 1260 g/mol. The molecule has 0 saturated carbocycles. The van der Waals surface area contributed by atoms with Crippen LogP contribution in [-0.2, 0) is 140 Å². The molecule has 0 spiro atoms. The Labute approximate surface area is 524 Å². The minimum atomic E-state index is -2.23. The Morgan fingerprint density at radius 1 is 0.478 bits per heavy atom. The molecule has 0 amide bonds. The third kappa shape index (κ3) is 15.4. The van der Waals surface area contributed by atoms with Crippen molar-refractivity contribution in [3.63, 3.8) is 0 Å². The van der Waals surface area contributed by atoms with E-state index in [-0.39, 0.29) is 39.5 Å². The molecule has 8 unspecified atom stereocenters. The SMILES string of the molecule is CCC1(C(=O)OC)O[C@@H](O[C@@H]2C(COC(C)=O)O[C@@H](O[C@H]3C(OC)[C@H]4OCC3(C(=O)OC)O[C@H]4O[C@@H]3C(COCc4ccccc4)O[C@H](OC)C(OCc4ccccc4)[C@@H]3OCc3ccccc3)C(OCc3ccccc3)[C@H]2OC(C)=O)C(OC)[C@@H](OC)[C@@H]1C. The van der Waals surface area contributed by atoms with Crippen LogP contribution < -0.4 is 0 Å². The van der Waals surface area contributed by atoms with Crippen LogP contribution in [0.25, 0.3) is 0 Å². The van der Waals surface area contributed by atoms with Gasteiger partial charge in [-0.15, -0.1) is 0 Å². The van der Waals surface area contributed by atoms with Gasteiger partial charge in [-0.2, -0.15) is 0 Å². The predicted octanol–water partition coefficient (Wildman–Crippen LogP) is 5.73. The zero-order chi connectivity index (χ0) is 64.0. The quantitative estimate of drug-likeness (QED) is 0.0465. The van der Waals surface area contributed by atoms with Crippen molar-refractivity contribution >= 4 is 23.9 Å². The van der Waals surface area contributed by atoms with E-state index in [4.69, 9.17) is 94.7 Å². The van der Waals surface area contributed by atoms with E-state index >= 15 is 0 Å². The lowest BCUT2D eigenvalue weighted by molar-refractivity contribution is -0.432. The number of carbonyl (C=O) groups excluding carboxylic acids is 4. The summed E-state index contributed by atoms with van der Waals surface area (Å²) in [6.45, 7) is 5.22. The first-order chi connectivity index (χ1) is 43.6. The first-order valence-electron chi connectivity index (χ1n) is 30.1. The fourth-order valence-corrected chi connectivity index (χ4v) is 12.5. The standard InChI is InChI=1S/C66H84O24/c1-11-65(63(69)75-9)39(2)48(71-5)54(73-7)61(89-65)87-50-47(37-78-40(3)67)85-60(56(52(50)83-41(4)68)81-35-45-30-22-15-23-31-45)88-58-53(72-6)57-62(90-66(58,38-82-57)64(70)76-10)86-49-46(36-77-32-42-24-16-12-17-25-42)84-59(74-8)55(80-34-44-28-20-14-21-29-44)51(49)79-33-43-26-18-13-19-27-43/h12-31,39,46-62H,11,32-38H2,1-10H3/t39-,46?,47?,48-,49+,50+,51+,52-,53?,54?,55?,56?,57+,58-,59-,60-,61+,62+,65?,66?/m0/s1. The van der Waals surface area contributed by atoms with E-state index in [0.717, 1.165) is 16.7 Å². The minimum Gasteiger partial charge on any atom is -0.467 e. The molecule has 0 aromatic heterocycles. The van der Waals surface area contributed by atoms with Gasteiger partial charge >= 0.3 is 23.9 Å². The van der Waals surface area contributed by atoms with Crippen LogP contribution in [0.5, 0.6) is 0 Å². The largest absolute Gasteiger partial charge is 0.467 e. The van der Waals surface area contributed by atoms with Crippen molar-refractivity contribution in [2.45, 2.75) is 176 Å².